The van der Waals surface area contributed by atoms with Gasteiger partial charge in [0, 0.05) is 10.2 Å². The molecule has 1 aliphatic rings. The van der Waals surface area contributed by atoms with Crippen LogP contribution in [0.1, 0.15) is 41.0 Å². The Hall–Kier alpha value is -0.950. The molecule has 1 aliphatic heterocycles. The number of benzene rings is 1. The Balaban J connectivity index is 1.94. The van der Waals surface area contributed by atoms with Gasteiger partial charge in [0.1, 0.15) is 0 Å². The molecule has 20 heavy (non-hydrogen) atoms. The Labute approximate surface area is 132 Å². The molecule has 0 aromatic heterocycles. The van der Waals surface area contributed by atoms with E-state index in [1.807, 2.05) is 6.07 Å². The van der Waals surface area contributed by atoms with E-state index in [1.165, 1.54) is 4.90 Å². The van der Waals surface area contributed by atoms with Gasteiger partial charge in [-0.05, 0) is 47.1 Å². The number of imide groups is 1. The van der Waals surface area contributed by atoms with E-state index in [2.05, 4.69) is 36.4 Å². The largest absolute Gasteiger partial charge is 0.380 e. The van der Waals surface area contributed by atoms with Crippen LogP contribution in [-0.2, 0) is 4.74 Å². The molecular formula is C15H18INO3. The van der Waals surface area contributed by atoms with Crippen LogP contribution in [0, 0.1) is 9.49 Å². The second kappa shape index (κ2) is 6.67. The number of hydrogen-bond acceptors (Lipinski definition) is 3. The summed E-state index contributed by atoms with van der Waals surface area (Å²) in [6.07, 6.45) is 0.986. The second-order valence-corrected chi connectivity index (χ2v) is 6.38. The van der Waals surface area contributed by atoms with E-state index in [1.54, 1.807) is 12.1 Å². The number of rotatable bonds is 6. The fraction of sp³-hybridized carbons (Fsp3) is 0.467. The van der Waals surface area contributed by atoms with Crippen molar-refractivity contribution >= 4 is 34.4 Å². The first-order chi connectivity index (χ1) is 9.52. The number of carbonyl (C=O) groups excluding carboxylic acids is 2. The molecule has 1 aromatic rings. The monoisotopic (exact) mass is 387 g/mol. The molecule has 0 fully saturated rings. The first-order valence-corrected chi connectivity index (χ1v) is 7.82. The molecule has 0 N–H and O–H groups in total. The average molecular weight is 387 g/mol. The number of nitrogens with zero attached hydrogens (tertiary/aromatic N) is 1. The van der Waals surface area contributed by atoms with Gasteiger partial charge >= 0.3 is 0 Å². The standard InChI is InChI=1S/C15H18INO3/c1-10(2)6-8-20-9-7-17-14(18)11-4-3-5-12(16)13(11)15(17)19/h3-5,10H,6-9H2,1-2H3. The molecule has 5 heteroatoms. The van der Waals surface area contributed by atoms with Crippen molar-refractivity contribution in [2.45, 2.75) is 20.3 Å². The Bertz CT molecular complexity index is 528. The number of hydrogen-bond donors (Lipinski definition) is 0. The molecule has 0 saturated heterocycles. The van der Waals surface area contributed by atoms with Crippen LogP contribution < -0.4 is 0 Å². The lowest BCUT2D eigenvalue weighted by molar-refractivity contribution is 0.0553. The highest BCUT2D eigenvalue weighted by Gasteiger charge is 2.36. The average Bonchev–Trinajstić information content (AvgIpc) is 2.64. The third kappa shape index (κ3) is 3.20. The van der Waals surface area contributed by atoms with E-state index in [4.69, 9.17) is 4.74 Å². The van der Waals surface area contributed by atoms with Crippen LogP contribution in [-0.4, -0.2) is 36.5 Å². The summed E-state index contributed by atoms with van der Waals surface area (Å²) in [5.74, 6) is 0.175. The van der Waals surface area contributed by atoms with Crippen molar-refractivity contribution in [2.75, 3.05) is 19.8 Å². The van der Waals surface area contributed by atoms with Gasteiger partial charge in [-0.25, -0.2) is 0 Å². The van der Waals surface area contributed by atoms with Crippen molar-refractivity contribution < 1.29 is 14.3 Å². The van der Waals surface area contributed by atoms with Gasteiger partial charge in [0.05, 0.1) is 24.3 Å². The summed E-state index contributed by atoms with van der Waals surface area (Å²) in [5.41, 5.74) is 1.03. The lowest BCUT2D eigenvalue weighted by Gasteiger charge is -2.14. The fourth-order valence-electron chi connectivity index (χ4n) is 2.07. The number of fused-ring (bicyclic) bond motifs is 1. The van der Waals surface area contributed by atoms with Crippen molar-refractivity contribution in [2.24, 2.45) is 5.92 Å². The molecule has 0 unspecified atom stereocenters. The zero-order valence-electron chi connectivity index (χ0n) is 11.7. The van der Waals surface area contributed by atoms with Gasteiger partial charge in [0.15, 0.2) is 0 Å². The minimum atomic E-state index is -0.212. The molecule has 0 atom stereocenters. The molecule has 108 valence electrons. The van der Waals surface area contributed by atoms with Crippen molar-refractivity contribution in [1.82, 2.24) is 4.90 Å². The van der Waals surface area contributed by atoms with Crippen molar-refractivity contribution in [3.8, 4) is 0 Å². The number of halogens is 1. The van der Waals surface area contributed by atoms with Crippen LogP contribution in [0.2, 0.25) is 0 Å². The second-order valence-electron chi connectivity index (χ2n) is 5.22. The summed E-state index contributed by atoms with van der Waals surface area (Å²) < 4.78 is 6.31. The summed E-state index contributed by atoms with van der Waals surface area (Å²) in [6, 6.07) is 5.35. The smallest absolute Gasteiger partial charge is 0.262 e. The lowest BCUT2D eigenvalue weighted by atomic mass is 10.1. The zero-order valence-corrected chi connectivity index (χ0v) is 13.8. The topological polar surface area (TPSA) is 46.6 Å². The summed E-state index contributed by atoms with van der Waals surface area (Å²) in [6.45, 7) is 5.65. The van der Waals surface area contributed by atoms with E-state index in [-0.39, 0.29) is 11.8 Å². The Morgan fingerprint density at radius 2 is 1.95 bits per heavy atom. The summed E-state index contributed by atoms with van der Waals surface area (Å²) in [4.78, 5) is 25.7. The van der Waals surface area contributed by atoms with Crippen LogP contribution in [0.5, 0.6) is 0 Å². The number of carbonyl (C=O) groups is 2. The maximum atomic E-state index is 12.2. The van der Waals surface area contributed by atoms with Gasteiger partial charge in [0.2, 0.25) is 0 Å². The predicted octanol–water partition coefficient (Wildman–Crippen LogP) is 2.95. The Kier molecular flexibility index (Phi) is 5.15. The van der Waals surface area contributed by atoms with Gasteiger partial charge in [-0.3, -0.25) is 14.5 Å². The van der Waals surface area contributed by atoms with Crippen LogP contribution in [0.3, 0.4) is 0 Å². The molecule has 1 heterocycles. The summed E-state index contributed by atoms with van der Waals surface area (Å²) in [5, 5.41) is 0. The molecule has 0 bridgehead atoms. The molecular weight excluding hydrogens is 369 g/mol. The molecule has 1 aromatic carbocycles. The van der Waals surface area contributed by atoms with Crippen LogP contribution in [0.15, 0.2) is 18.2 Å². The lowest BCUT2D eigenvalue weighted by Crippen LogP contribution is -2.33. The van der Waals surface area contributed by atoms with E-state index in [0.29, 0.717) is 36.8 Å². The van der Waals surface area contributed by atoms with E-state index in [9.17, 15) is 9.59 Å². The summed E-state index contributed by atoms with van der Waals surface area (Å²) in [7, 11) is 0. The maximum Gasteiger partial charge on any atom is 0.262 e. The molecule has 0 saturated carbocycles. The Morgan fingerprint density at radius 1 is 1.20 bits per heavy atom. The number of ether oxygens (including phenoxy) is 1. The quantitative estimate of drug-likeness (QED) is 0.429. The van der Waals surface area contributed by atoms with E-state index >= 15 is 0 Å². The van der Waals surface area contributed by atoms with Crippen molar-refractivity contribution in [3.63, 3.8) is 0 Å². The fourth-order valence-corrected chi connectivity index (χ4v) is 2.80. The highest BCUT2D eigenvalue weighted by Crippen LogP contribution is 2.26. The van der Waals surface area contributed by atoms with E-state index in [0.717, 1.165) is 9.99 Å². The molecule has 2 amide bonds. The first-order valence-electron chi connectivity index (χ1n) is 6.74. The molecule has 4 nitrogen and oxygen atoms in total. The molecule has 0 spiro atoms. The minimum Gasteiger partial charge on any atom is -0.380 e. The highest BCUT2D eigenvalue weighted by atomic mass is 127. The SMILES string of the molecule is CC(C)CCOCCN1C(=O)c2cccc(I)c2C1=O. The minimum absolute atomic E-state index is 0.206. The van der Waals surface area contributed by atoms with Crippen LogP contribution in [0.25, 0.3) is 0 Å². The van der Waals surface area contributed by atoms with Crippen molar-refractivity contribution in [3.05, 3.63) is 32.9 Å². The predicted molar refractivity (Wildman–Crippen MR) is 84.8 cm³/mol. The maximum absolute atomic E-state index is 12.2. The molecule has 0 aliphatic carbocycles. The van der Waals surface area contributed by atoms with E-state index < -0.39 is 0 Å². The zero-order chi connectivity index (χ0) is 14.7. The number of amides is 2. The van der Waals surface area contributed by atoms with Gasteiger partial charge in [-0.15, -0.1) is 0 Å². The van der Waals surface area contributed by atoms with Crippen molar-refractivity contribution in [1.29, 1.82) is 0 Å². The summed E-state index contributed by atoms with van der Waals surface area (Å²) >= 11 is 2.09. The van der Waals surface area contributed by atoms with Crippen LogP contribution >= 0.6 is 22.6 Å². The van der Waals surface area contributed by atoms with Gasteiger partial charge in [-0.1, -0.05) is 19.9 Å². The third-order valence-corrected chi connectivity index (χ3v) is 4.15. The van der Waals surface area contributed by atoms with Gasteiger partial charge < -0.3 is 4.74 Å². The molecule has 2 rings (SSSR count). The van der Waals surface area contributed by atoms with Gasteiger partial charge in [-0.2, -0.15) is 0 Å². The molecule has 0 radical (unpaired) electrons. The van der Waals surface area contributed by atoms with Crippen LogP contribution in [0.4, 0.5) is 0 Å². The Morgan fingerprint density at radius 3 is 2.60 bits per heavy atom. The normalized spacial score (nSPS) is 14.3. The third-order valence-electron chi connectivity index (χ3n) is 3.25. The van der Waals surface area contributed by atoms with Gasteiger partial charge in [0.25, 0.3) is 11.8 Å². The highest BCUT2D eigenvalue weighted by molar-refractivity contribution is 14.1. The first kappa shape index (κ1) is 15.4.